The van der Waals surface area contributed by atoms with Gasteiger partial charge in [0.15, 0.2) is 5.78 Å². The highest BCUT2D eigenvalue weighted by molar-refractivity contribution is 6.20. The number of Topliss-reactive ketones (excluding diaryl/α,β-unsaturated/α-hetero) is 1. The highest BCUT2D eigenvalue weighted by Gasteiger charge is 2.71. The number of benzene rings is 1. The molecule has 0 saturated heterocycles. The molecule has 0 spiro atoms. The minimum atomic E-state index is -3.09. The Labute approximate surface area is 178 Å². The average Bonchev–Trinajstić information content (AvgIpc) is 2.77. The molecule has 164 valence electrons. The Balaban J connectivity index is 2.84. The smallest absolute Gasteiger partial charge is 0.329 e. The molecule has 1 aromatic rings. The summed E-state index contributed by atoms with van der Waals surface area (Å²) < 4.78 is 9.86. The number of carbonyl (C=O) groups excluding carboxylic acids is 3. The maximum absolute atomic E-state index is 13.2. The van der Waals surface area contributed by atoms with Crippen molar-refractivity contribution in [3.05, 3.63) is 59.7 Å². The van der Waals surface area contributed by atoms with Gasteiger partial charge in [0, 0.05) is 11.1 Å². The summed E-state index contributed by atoms with van der Waals surface area (Å²) in [7, 11) is 0.875. The van der Waals surface area contributed by atoms with Gasteiger partial charge >= 0.3 is 23.9 Å². The van der Waals surface area contributed by atoms with Crippen LogP contribution in [0.15, 0.2) is 54.1 Å². The molecule has 0 aliphatic heterocycles. The van der Waals surface area contributed by atoms with Crippen LogP contribution in [0.25, 0.3) is 0 Å². The Hall–Kier alpha value is -3.75. The Kier molecular flexibility index (Phi) is 6.79. The lowest BCUT2D eigenvalue weighted by atomic mass is 9.59. The third-order valence-corrected chi connectivity index (χ3v) is 5.19. The van der Waals surface area contributed by atoms with Crippen LogP contribution in [-0.4, -0.2) is 53.1 Å². The Morgan fingerprint density at radius 1 is 0.968 bits per heavy atom. The van der Waals surface area contributed by atoms with Crippen LogP contribution < -0.4 is 0 Å². The van der Waals surface area contributed by atoms with Crippen LogP contribution in [0.3, 0.4) is 0 Å². The van der Waals surface area contributed by atoms with Crippen molar-refractivity contribution in [2.45, 2.75) is 26.4 Å². The second kappa shape index (κ2) is 8.95. The first-order valence-electron chi connectivity index (χ1n) is 9.36. The van der Waals surface area contributed by atoms with Crippen LogP contribution in [0.2, 0.25) is 0 Å². The number of rotatable bonds is 8. The first kappa shape index (κ1) is 23.5. The van der Waals surface area contributed by atoms with Crippen LogP contribution in [0.1, 0.15) is 30.6 Å². The summed E-state index contributed by atoms with van der Waals surface area (Å²) in [5.74, 6) is -7.56. The molecule has 1 aliphatic rings. The minimum Gasteiger partial charge on any atom is -0.480 e. The van der Waals surface area contributed by atoms with Gasteiger partial charge in [-0.15, -0.1) is 0 Å². The quantitative estimate of drug-likeness (QED) is 0.359. The number of carbonyl (C=O) groups is 5. The molecule has 0 heterocycles. The van der Waals surface area contributed by atoms with Gasteiger partial charge in [0.1, 0.15) is 0 Å². The van der Waals surface area contributed by atoms with Crippen molar-refractivity contribution in [2.75, 3.05) is 7.11 Å². The molecule has 0 aromatic heterocycles. The largest absolute Gasteiger partial charge is 0.480 e. The van der Waals surface area contributed by atoms with Crippen molar-refractivity contribution < 1.29 is 43.7 Å². The van der Waals surface area contributed by atoms with E-state index in [0.29, 0.717) is 12.5 Å². The number of carboxylic acid groups (broad SMARTS) is 2. The van der Waals surface area contributed by atoms with Gasteiger partial charge in [0.2, 0.25) is 10.8 Å². The average molecular weight is 430 g/mol. The molecule has 0 radical (unpaired) electrons. The van der Waals surface area contributed by atoms with Gasteiger partial charge in [0.05, 0.1) is 13.2 Å². The van der Waals surface area contributed by atoms with E-state index < -0.39 is 46.6 Å². The monoisotopic (exact) mass is 430 g/mol. The van der Waals surface area contributed by atoms with E-state index in [1.807, 2.05) is 0 Å². The van der Waals surface area contributed by atoms with E-state index in [1.165, 1.54) is 19.1 Å². The summed E-state index contributed by atoms with van der Waals surface area (Å²) in [5.41, 5.74) is -6.14. The first-order chi connectivity index (χ1) is 14.6. The zero-order chi connectivity index (χ0) is 23.4. The third kappa shape index (κ3) is 3.74. The van der Waals surface area contributed by atoms with Crippen molar-refractivity contribution in [1.82, 2.24) is 0 Å². The standard InChI is InChI=1S/C22H22O9/c1-4-13(2)31-20(29)22(19(28)30-3)12-15(16(23)14-8-6-5-7-9-14)10-11-21(22,17(24)25)18(26)27/h5-13H,4H2,1-3H3,(H,24,25)(H,26,27). The molecule has 1 aliphatic carbocycles. The number of hydrogen-bond donors (Lipinski definition) is 2. The van der Waals surface area contributed by atoms with Crippen molar-refractivity contribution in [1.29, 1.82) is 0 Å². The number of hydrogen-bond acceptors (Lipinski definition) is 7. The molecule has 9 heteroatoms. The maximum Gasteiger partial charge on any atom is 0.329 e. The van der Waals surface area contributed by atoms with Crippen LogP contribution in [0.5, 0.6) is 0 Å². The van der Waals surface area contributed by atoms with Crippen molar-refractivity contribution in [3.8, 4) is 0 Å². The molecule has 2 N–H and O–H groups in total. The fourth-order valence-corrected chi connectivity index (χ4v) is 3.25. The first-order valence-corrected chi connectivity index (χ1v) is 9.36. The number of esters is 2. The molecule has 31 heavy (non-hydrogen) atoms. The second-order valence-electron chi connectivity index (χ2n) is 6.97. The van der Waals surface area contributed by atoms with E-state index in [9.17, 15) is 34.2 Å². The van der Waals surface area contributed by atoms with Crippen LogP contribution in [0, 0.1) is 10.8 Å². The summed E-state index contributed by atoms with van der Waals surface area (Å²) in [6.07, 6.45) is 1.88. The fourth-order valence-electron chi connectivity index (χ4n) is 3.25. The van der Waals surface area contributed by atoms with Crippen molar-refractivity contribution >= 4 is 29.7 Å². The van der Waals surface area contributed by atoms with Gasteiger partial charge < -0.3 is 19.7 Å². The number of methoxy groups -OCH3 is 1. The Morgan fingerprint density at radius 3 is 2.03 bits per heavy atom. The molecule has 9 nitrogen and oxygen atoms in total. The van der Waals surface area contributed by atoms with E-state index in [2.05, 4.69) is 4.74 Å². The van der Waals surface area contributed by atoms with Gasteiger partial charge in [-0.1, -0.05) is 49.4 Å². The van der Waals surface area contributed by atoms with E-state index in [1.54, 1.807) is 25.1 Å². The topological polar surface area (TPSA) is 144 Å². The second-order valence-corrected chi connectivity index (χ2v) is 6.97. The van der Waals surface area contributed by atoms with Gasteiger partial charge in [-0.25, -0.2) is 0 Å². The number of ether oxygens (including phenoxy) is 2. The summed E-state index contributed by atoms with van der Waals surface area (Å²) >= 11 is 0. The number of allylic oxidation sites excluding steroid dienone is 2. The van der Waals surface area contributed by atoms with E-state index >= 15 is 0 Å². The van der Waals surface area contributed by atoms with Crippen LogP contribution in [-0.2, 0) is 28.7 Å². The molecule has 2 atom stereocenters. The fraction of sp³-hybridized carbons (Fsp3) is 0.318. The summed E-state index contributed by atoms with van der Waals surface area (Å²) in [6, 6.07) is 7.80. The lowest BCUT2D eigenvalue weighted by Gasteiger charge is -2.39. The predicted octanol–water partition coefficient (Wildman–Crippen LogP) is 2.02. The lowest BCUT2D eigenvalue weighted by Crippen LogP contribution is -2.61. The number of ketones is 1. The normalized spacial score (nSPS) is 20.2. The van der Waals surface area contributed by atoms with Gasteiger partial charge in [-0.2, -0.15) is 0 Å². The zero-order valence-electron chi connectivity index (χ0n) is 17.2. The van der Waals surface area contributed by atoms with Crippen molar-refractivity contribution in [3.63, 3.8) is 0 Å². The van der Waals surface area contributed by atoms with Gasteiger partial charge in [0.25, 0.3) is 0 Å². The molecule has 0 fully saturated rings. The molecule has 0 amide bonds. The highest BCUT2D eigenvalue weighted by atomic mass is 16.6. The number of carboxylic acids is 2. The number of aliphatic carboxylic acids is 2. The molecule has 2 unspecified atom stereocenters. The SMILES string of the molecule is CCC(C)OC(=O)C1(C(=O)OC)C=C(C(=O)c2ccccc2)C=CC1(C(=O)O)C(=O)O. The molecular weight excluding hydrogens is 408 g/mol. The molecule has 2 rings (SSSR count). The summed E-state index contributed by atoms with van der Waals surface area (Å²) in [4.78, 5) is 63.4. The van der Waals surface area contributed by atoms with Crippen LogP contribution >= 0.6 is 0 Å². The highest BCUT2D eigenvalue weighted by Crippen LogP contribution is 2.49. The Morgan fingerprint density at radius 2 is 1.55 bits per heavy atom. The van der Waals surface area contributed by atoms with E-state index in [0.717, 1.165) is 19.3 Å². The summed E-state index contributed by atoms with van der Waals surface area (Å²) in [5, 5.41) is 19.7. The molecule has 0 bridgehead atoms. The summed E-state index contributed by atoms with van der Waals surface area (Å²) in [6.45, 7) is 3.16. The van der Waals surface area contributed by atoms with Gasteiger partial charge in [-0.3, -0.25) is 24.0 Å². The van der Waals surface area contributed by atoms with Crippen molar-refractivity contribution in [2.24, 2.45) is 10.8 Å². The predicted molar refractivity (Wildman–Crippen MR) is 106 cm³/mol. The van der Waals surface area contributed by atoms with Gasteiger partial charge in [-0.05, 0) is 19.4 Å². The Bertz CT molecular complexity index is 960. The zero-order valence-corrected chi connectivity index (χ0v) is 17.2. The lowest BCUT2D eigenvalue weighted by molar-refractivity contribution is -0.191. The van der Waals surface area contributed by atoms with E-state index in [4.69, 9.17) is 4.74 Å². The third-order valence-electron chi connectivity index (χ3n) is 5.19. The molecule has 1 aromatic carbocycles. The minimum absolute atomic E-state index is 0.186. The van der Waals surface area contributed by atoms with E-state index in [-0.39, 0.29) is 11.1 Å². The molecular formula is C22H22O9. The maximum atomic E-state index is 13.2. The molecule has 0 saturated carbocycles. The van der Waals surface area contributed by atoms with Crippen LogP contribution in [0.4, 0.5) is 0 Å².